The fourth-order valence-corrected chi connectivity index (χ4v) is 6.20. The Morgan fingerprint density at radius 2 is 0.981 bits per heavy atom. The Morgan fingerprint density at radius 1 is 0.615 bits per heavy atom. The molecular formula is C30H34N12Na2O6S2. The van der Waals surface area contributed by atoms with Gasteiger partial charge in [0.25, 0.3) is 0 Å². The SMILES string of the molecule is CNc1nc(Nc2ccc(C=Cc3ccc(Nc4nc(NC)nc(N5CCOCC5)n4)cc3S(=O)[O-])c(S(=O)[O-])c2)nc(N2CCOCC2)n1.[Na+].[Na+]. The minimum Gasteiger partial charge on any atom is -0.768 e. The van der Waals surface area contributed by atoms with Gasteiger partial charge in [0.05, 0.1) is 26.4 Å². The first kappa shape index (κ1) is 41.9. The number of hydrogen-bond donors (Lipinski definition) is 4. The molecule has 0 bridgehead atoms. The molecule has 4 N–H and O–H groups in total. The monoisotopic (exact) mass is 768 g/mol. The van der Waals surface area contributed by atoms with Crippen LogP contribution in [0.3, 0.4) is 0 Å². The maximum atomic E-state index is 12.3. The third-order valence-electron chi connectivity index (χ3n) is 7.62. The number of nitrogens with zero attached hydrogens (tertiary/aromatic N) is 8. The molecule has 52 heavy (non-hydrogen) atoms. The first-order chi connectivity index (χ1) is 24.3. The average Bonchev–Trinajstić information content (AvgIpc) is 3.14. The Kier molecular flexibility index (Phi) is 16.1. The summed E-state index contributed by atoms with van der Waals surface area (Å²) in [5.74, 6) is 2.07. The van der Waals surface area contributed by atoms with E-state index in [9.17, 15) is 17.5 Å². The summed E-state index contributed by atoms with van der Waals surface area (Å²) in [6.07, 6.45) is 3.07. The van der Waals surface area contributed by atoms with Gasteiger partial charge in [-0.2, -0.15) is 29.9 Å². The Balaban J connectivity index is 0.00000302. The minimum atomic E-state index is -2.62. The Labute approximate surface area is 349 Å². The molecular weight excluding hydrogens is 735 g/mol. The van der Waals surface area contributed by atoms with Crippen LogP contribution in [0.4, 0.5) is 47.1 Å². The van der Waals surface area contributed by atoms with Crippen LogP contribution in [0, 0.1) is 0 Å². The zero-order valence-corrected chi connectivity index (χ0v) is 34.8. The predicted octanol–water partition coefficient (Wildman–Crippen LogP) is -4.05. The van der Waals surface area contributed by atoms with Gasteiger partial charge in [-0.1, -0.05) is 24.3 Å². The van der Waals surface area contributed by atoms with Crippen LogP contribution in [0.15, 0.2) is 46.2 Å². The summed E-state index contributed by atoms with van der Waals surface area (Å²) in [5, 5.41) is 12.0. The number of morpholine rings is 2. The summed E-state index contributed by atoms with van der Waals surface area (Å²) in [4.78, 5) is 30.5. The van der Waals surface area contributed by atoms with Crippen molar-refractivity contribution < 1.29 is 86.1 Å². The smallest absolute Gasteiger partial charge is 0.768 e. The largest absolute Gasteiger partial charge is 1.00 e. The van der Waals surface area contributed by atoms with Crippen molar-refractivity contribution in [3.05, 3.63) is 47.5 Å². The molecule has 6 rings (SSSR count). The third-order valence-corrected chi connectivity index (χ3v) is 9.05. The zero-order valence-electron chi connectivity index (χ0n) is 29.1. The van der Waals surface area contributed by atoms with Crippen molar-refractivity contribution in [1.82, 2.24) is 29.9 Å². The van der Waals surface area contributed by atoms with E-state index in [0.29, 0.717) is 98.9 Å². The predicted molar refractivity (Wildman–Crippen MR) is 188 cm³/mol. The molecule has 264 valence electrons. The van der Waals surface area contributed by atoms with Gasteiger partial charge in [0.2, 0.25) is 35.7 Å². The van der Waals surface area contributed by atoms with E-state index in [-0.39, 0.29) is 80.8 Å². The van der Waals surface area contributed by atoms with Crippen molar-refractivity contribution in [1.29, 1.82) is 0 Å². The van der Waals surface area contributed by atoms with E-state index < -0.39 is 22.2 Å². The van der Waals surface area contributed by atoms with Gasteiger partial charge in [-0.15, -0.1) is 0 Å². The van der Waals surface area contributed by atoms with Crippen LogP contribution in [-0.4, -0.2) is 114 Å². The van der Waals surface area contributed by atoms with Crippen molar-refractivity contribution in [2.75, 3.05) is 97.8 Å². The minimum absolute atomic E-state index is 0. The van der Waals surface area contributed by atoms with E-state index in [1.807, 2.05) is 9.80 Å². The van der Waals surface area contributed by atoms with Crippen molar-refractivity contribution in [3.63, 3.8) is 0 Å². The Bertz CT molecular complexity index is 1780. The van der Waals surface area contributed by atoms with E-state index in [2.05, 4.69) is 51.2 Å². The Hall–Kier alpha value is -2.86. The molecule has 0 saturated carbocycles. The molecule has 0 amide bonds. The van der Waals surface area contributed by atoms with E-state index in [4.69, 9.17) is 9.47 Å². The second-order valence-electron chi connectivity index (χ2n) is 10.8. The van der Waals surface area contributed by atoms with Gasteiger partial charge in [0.15, 0.2) is 0 Å². The molecule has 4 aromatic rings. The second-order valence-corrected chi connectivity index (χ2v) is 12.6. The quantitative estimate of drug-likeness (QED) is 0.0611. The van der Waals surface area contributed by atoms with Crippen molar-refractivity contribution in [2.45, 2.75) is 9.79 Å². The first-order valence-electron chi connectivity index (χ1n) is 15.5. The van der Waals surface area contributed by atoms with Crippen LogP contribution < -0.4 is 90.2 Å². The maximum absolute atomic E-state index is 12.3. The normalized spacial score (nSPS) is 15.6. The average molecular weight is 769 g/mol. The maximum Gasteiger partial charge on any atom is 1.00 e. The number of anilines is 8. The van der Waals surface area contributed by atoms with Gasteiger partial charge >= 0.3 is 59.1 Å². The summed E-state index contributed by atoms with van der Waals surface area (Å²) < 4.78 is 60.0. The number of benzene rings is 2. The topological polar surface area (TPSA) is 231 Å². The molecule has 22 heteroatoms. The fraction of sp³-hybridized carbons (Fsp3) is 0.333. The summed E-state index contributed by atoms with van der Waals surface area (Å²) in [6, 6.07) is 9.43. The van der Waals surface area contributed by atoms with Gasteiger partial charge in [-0.25, -0.2) is 0 Å². The van der Waals surface area contributed by atoms with Crippen LogP contribution in [0.25, 0.3) is 12.2 Å². The van der Waals surface area contributed by atoms with Gasteiger partial charge in [-0.3, -0.25) is 8.42 Å². The number of aromatic nitrogens is 6. The summed E-state index contributed by atoms with van der Waals surface area (Å²) in [5.41, 5.74) is 1.54. The van der Waals surface area contributed by atoms with Crippen LogP contribution in [0.2, 0.25) is 0 Å². The van der Waals surface area contributed by atoms with Crippen LogP contribution in [0.1, 0.15) is 11.1 Å². The molecule has 2 atom stereocenters. The van der Waals surface area contributed by atoms with Crippen LogP contribution in [0.5, 0.6) is 0 Å². The van der Waals surface area contributed by atoms with Gasteiger partial charge in [0.1, 0.15) is 0 Å². The number of nitrogens with one attached hydrogen (secondary N) is 4. The summed E-state index contributed by atoms with van der Waals surface area (Å²) in [7, 11) is 3.38. The van der Waals surface area contributed by atoms with E-state index in [0.717, 1.165) is 0 Å². The molecule has 0 radical (unpaired) electrons. The number of hydrogen-bond acceptors (Lipinski definition) is 18. The molecule has 2 fully saturated rings. The van der Waals surface area contributed by atoms with Gasteiger partial charge in [-0.05, 0) is 57.6 Å². The molecule has 18 nitrogen and oxygen atoms in total. The van der Waals surface area contributed by atoms with Crippen LogP contribution >= 0.6 is 0 Å². The molecule has 4 heterocycles. The third kappa shape index (κ3) is 10.9. The van der Waals surface area contributed by atoms with Crippen LogP contribution in [-0.2, 0) is 31.6 Å². The van der Waals surface area contributed by atoms with E-state index in [1.54, 1.807) is 38.4 Å². The Morgan fingerprint density at radius 3 is 1.33 bits per heavy atom. The molecule has 2 aromatic carbocycles. The van der Waals surface area contributed by atoms with Crippen molar-refractivity contribution in [3.8, 4) is 0 Å². The van der Waals surface area contributed by atoms with Crippen molar-refractivity contribution >= 4 is 81.4 Å². The number of ether oxygens (including phenoxy) is 2. The first-order valence-corrected chi connectivity index (χ1v) is 17.7. The van der Waals surface area contributed by atoms with Gasteiger partial charge < -0.3 is 49.6 Å². The number of rotatable bonds is 12. The molecule has 2 saturated heterocycles. The van der Waals surface area contributed by atoms with E-state index >= 15 is 0 Å². The van der Waals surface area contributed by atoms with Crippen molar-refractivity contribution in [2.24, 2.45) is 0 Å². The fourth-order valence-electron chi connectivity index (χ4n) is 5.10. The van der Waals surface area contributed by atoms with Gasteiger partial charge in [0, 0.05) is 61.4 Å². The van der Waals surface area contributed by atoms with E-state index in [1.165, 1.54) is 24.3 Å². The molecule has 2 aliphatic rings. The molecule has 2 aliphatic heterocycles. The second kappa shape index (κ2) is 20.0. The summed E-state index contributed by atoms with van der Waals surface area (Å²) in [6.45, 7) is 4.72. The molecule has 2 unspecified atom stereocenters. The standard InChI is InChI=1S/C30H36N12O6S2.2Na/c1-31-25-35-27(39-29(37-25)41-9-13-47-14-10-41)33-21-7-5-19(23(17-21)49(43)44)3-4-20-6-8-22(18-24(20)50(45)46)34-28-36-26(32-2)38-30(40-28)42-11-15-48-16-12-42;;/h3-8,17-18H,9-16H2,1-2H3,(H,43,44)(H,45,46)(H2,31,33,35,37,39)(H2,32,34,36,38,40);;/q;2*+1/p-2. The molecule has 2 aromatic heterocycles. The summed E-state index contributed by atoms with van der Waals surface area (Å²) >= 11 is -5.25. The molecule has 0 spiro atoms. The zero-order chi connectivity index (χ0) is 35.0. The molecule has 0 aliphatic carbocycles.